The first-order chi connectivity index (χ1) is 8.16. The van der Waals surface area contributed by atoms with Gasteiger partial charge in [-0.05, 0) is 31.9 Å². The summed E-state index contributed by atoms with van der Waals surface area (Å²) in [5.41, 5.74) is 0. The number of amides is 1. The van der Waals surface area contributed by atoms with Gasteiger partial charge in [-0.1, -0.05) is 6.07 Å². The maximum atomic E-state index is 12.0. The molecule has 92 valence electrons. The Hall–Kier alpha value is -1.71. The number of phenolic OH excluding ortho intramolecular Hbond substituents is 1. The largest absolute Gasteiger partial charge is 0.508 e. The molecule has 4 nitrogen and oxygen atoms in total. The first kappa shape index (κ1) is 11.8. The van der Waals surface area contributed by atoms with Crippen LogP contribution in [0.3, 0.4) is 0 Å². The van der Waals surface area contributed by atoms with Gasteiger partial charge < -0.3 is 14.7 Å². The van der Waals surface area contributed by atoms with Gasteiger partial charge in [-0.3, -0.25) is 4.79 Å². The second-order valence-electron chi connectivity index (χ2n) is 4.29. The van der Waals surface area contributed by atoms with Crippen molar-refractivity contribution in [3.05, 3.63) is 24.3 Å². The monoisotopic (exact) mass is 235 g/mol. The van der Waals surface area contributed by atoms with E-state index in [1.165, 1.54) is 6.07 Å². The number of hydrogen-bond donors (Lipinski definition) is 1. The summed E-state index contributed by atoms with van der Waals surface area (Å²) in [6, 6.07) is 6.50. The van der Waals surface area contributed by atoms with Crippen LogP contribution in [0.1, 0.15) is 19.8 Å². The number of carbonyl (C=O) groups excluding carboxylic acids is 1. The molecule has 1 aliphatic heterocycles. The zero-order valence-electron chi connectivity index (χ0n) is 9.93. The van der Waals surface area contributed by atoms with Crippen molar-refractivity contribution in [2.45, 2.75) is 25.9 Å². The number of rotatable bonds is 3. The Kier molecular flexibility index (Phi) is 3.52. The summed E-state index contributed by atoms with van der Waals surface area (Å²) < 4.78 is 5.52. The number of benzene rings is 1. The van der Waals surface area contributed by atoms with Gasteiger partial charge in [-0.2, -0.15) is 0 Å². The molecular formula is C13H17NO3. The summed E-state index contributed by atoms with van der Waals surface area (Å²) in [5.74, 6) is 0.680. The summed E-state index contributed by atoms with van der Waals surface area (Å²) in [5, 5.41) is 9.30. The first-order valence-corrected chi connectivity index (χ1v) is 5.91. The normalized spacial score (nSPS) is 16.9. The number of ether oxygens (including phenoxy) is 1. The lowest BCUT2D eigenvalue weighted by atomic mass is 10.3. The van der Waals surface area contributed by atoms with Gasteiger partial charge in [0.15, 0.2) is 6.10 Å². The second kappa shape index (κ2) is 5.08. The van der Waals surface area contributed by atoms with E-state index in [9.17, 15) is 9.90 Å². The number of hydrogen-bond acceptors (Lipinski definition) is 3. The third-order valence-electron chi connectivity index (χ3n) is 2.90. The van der Waals surface area contributed by atoms with Crippen molar-refractivity contribution < 1.29 is 14.6 Å². The zero-order valence-corrected chi connectivity index (χ0v) is 9.93. The average Bonchev–Trinajstić information content (AvgIpc) is 2.81. The fourth-order valence-corrected chi connectivity index (χ4v) is 2.01. The molecule has 0 radical (unpaired) electrons. The molecule has 1 heterocycles. The molecule has 1 N–H and O–H groups in total. The molecule has 1 aromatic carbocycles. The van der Waals surface area contributed by atoms with Gasteiger partial charge in [-0.15, -0.1) is 0 Å². The van der Waals surface area contributed by atoms with E-state index >= 15 is 0 Å². The average molecular weight is 235 g/mol. The van der Waals surface area contributed by atoms with Gasteiger partial charge >= 0.3 is 0 Å². The predicted molar refractivity (Wildman–Crippen MR) is 64.0 cm³/mol. The lowest BCUT2D eigenvalue weighted by Gasteiger charge is -2.21. The van der Waals surface area contributed by atoms with Gasteiger partial charge in [0.1, 0.15) is 11.5 Å². The van der Waals surface area contributed by atoms with Gasteiger partial charge in [0.2, 0.25) is 0 Å². The van der Waals surface area contributed by atoms with Crippen molar-refractivity contribution in [3.8, 4) is 11.5 Å². The van der Waals surface area contributed by atoms with Crippen LogP contribution in [0.15, 0.2) is 24.3 Å². The number of phenols is 1. The summed E-state index contributed by atoms with van der Waals surface area (Å²) in [4.78, 5) is 13.8. The van der Waals surface area contributed by atoms with Crippen LogP contribution in [0.5, 0.6) is 11.5 Å². The quantitative estimate of drug-likeness (QED) is 0.868. The van der Waals surface area contributed by atoms with Crippen LogP contribution in [0.25, 0.3) is 0 Å². The molecule has 0 spiro atoms. The fraction of sp³-hybridized carbons (Fsp3) is 0.462. The maximum Gasteiger partial charge on any atom is 0.263 e. The van der Waals surface area contributed by atoms with Crippen LogP contribution >= 0.6 is 0 Å². The molecule has 1 saturated heterocycles. The molecule has 2 rings (SSSR count). The smallest absolute Gasteiger partial charge is 0.263 e. The Morgan fingerprint density at radius 1 is 1.41 bits per heavy atom. The van der Waals surface area contributed by atoms with Crippen molar-refractivity contribution in [2.24, 2.45) is 0 Å². The SMILES string of the molecule is CC(Oc1cccc(O)c1)C(=O)N1CCCC1. The molecule has 1 amide bonds. The van der Waals surface area contributed by atoms with Crippen LogP contribution in [0, 0.1) is 0 Å². The molecule has 1 aliphatic rings. The highest BCUT2D eigenvalue weighted by Crippen LogP contribution is 2.20. The zero-order chi connectivity index (χ0) is 12.3. The van der Waals surface area contributed by atoms with Crippen molar-refractivity contribution in [1.82, 2.24) is 4.90 Å². The van der Waals surface area contributed by atoms with E-state index in [0.29, 0.717) is 5.75 Å². The lowest BCUT2D eigenvalue weighted by molar-refractivity contribution is -0.136. The van der Waals surface area contributed by atoms with E-state index in [4.69, 9.17) is 4.74 Å². The van der Waals surface area contributed by atoms with E-state index in [1.807, 2.05) is 4.90 Å². The molecule has 0 bridgehead atoms. The Balaban J connectivity index is 1.96. The molecule has 1 fully saturated rings. The highest BCUT2D eigenvalue weighted by Gasteiger charge is 2.24. The minimum atomic E-state index is -0.505. The van der Waals surface area contributed by atoms with E-state index in [2.05, 4.69) is 0 Å². The standard InChI is InChI=1S/C13H17NO3/c1-10(13(16)14-7-2-3-8-14)17-12-6-4-5-11(15)9-12/h4-6,9-10,15H,2-3,7-8H2,1H3. The third kappa shape index (κ3) is 2.90. The molecule has 4 heteroatoms. The Morgan fingerprint density at radius 3 is 2.76 bits per heavy atom. The van der Waals surface area contributed by atoms with E-state index in [1.54, 1.807) is 25.1 Å². The topological polar surface area (TPSA) is 49.8 Å². The summed E-state index contributed by atoms with van der Waals surface area (Å²) >= 11 is 0. The van der Waals surface area contributed by atoms with Gasteiger partial charge in [0, 0.05) is 19.2 Å². The number of nitrogens with zero attached hydrogens (tertiary/aromatic N) is 1. The molecule has 1 aromatic rings. The van der Waals surface area contributed by atoms with Crippen molar-refractivity contribution in [2.75, 3.05) is 13.1 Å². The minimum Gasteiger partial charge on any atom is -0.508 e. The van der Waals surface area contributed by atoms with Crippen molar-refractivity contribution >= 4 is 5.91 Å². The molecule has 1 unspecified atom stereocenters. The van der Waals surface area contributed by atoms with Crippen LogP contribution in [0.2, 0.25) is 0 Å². The summed E-state index contributed by atoms with van der Waals surface area (Å²) in [7, 11) is 0. The number of carbonyl (C=O) groups is 1. The number of likely N-dealkylation sites (tertiary alicyclic amines) is 1. The molecular weight excluding hydrogens is 218 g/mol. The third-order valence-corrected chi connectivity index (χ3v) is 2.90. The van der Waals surface area contributed by atoms with Gasteiger partial charge in [-0.25, -0.2) is 0 Å². The van der Waals surface area contributed by atoms with E-state index in [-0.39, 0.29) is 11.7 Å². The maximum absolute atomic E-state index is 12.0. The lowest BCUT2D eigenvalue weighted by Crippen LogP contribution is -2.38. The molecule has 0 aromatic heterocycles. The summed E-state index contributed by atoms with van der Waals surface area (Å²) in [6.45, 7) is 3.39. The molecule has 0 saturated carbocycles. The molecule has 1 atom stereocenters. The van der Waals surface area contributed by atoms with E-state index in [0.717, 1.165) is 25.9 Å². The van der Waals surface area contributed by atoms with Crippen molar-refractivity contribution in [1.29, 1.82) is 0 Å². The van der Waals surface area contributed by atoms with Crippen LogP contribution < -0.4 is 4.74 Å². The summed E-state index contributed by atoms with van der Waals surface area (Å²) in [6.07, 6.45) is 1.64. The fourth-order valence-electron chi connectivity index (χ4n) is 2.01. The van der Waals surface area contributed by atoms with Crippen LogP contribution in [0.4, 0.5) is 0 Å². The predicted octanol–water partition coefficient (Wildman–Crippen LogP) is 1.78. The molecule has 0 aliphatic carbocycles. The van der Waals surface area contributed by atoms with Crippen molar-refractivity contribution in [3.63, 3.8) is 0 Å². The van der Waals surface area contributed by atoms with E-state index < -0.39 is 6.10 Å². The van der Waals surface area contributed by atoms with Gasteiger partial charge in [0.05, 0.1) is 0 Å². The Bertz CT molecular complexity index is 399. The first-order valence-electron chi connectivity index (χ1n) is 5.91. The number of aromatic hydroxyl groups is 1. The van der Waals surface area contributed by atoms with Crippen LogP contribution in [-0.2, 0) is 4.79 Å². The highest BCUT2D eigenvalue weighted by atomic mass is 16.5. The Labute approximate surface area is 101 Å². The highest BCUT2D eigenvalue weighted by molar-refractivity contribution is 5.81. The van der Waals surface area contributed by atoms with Crippen LogP contribution in [-0.4, -0.2) is 35.1 Å². The second-order valence-corrected chi connectivity index (χ2v) is 4.29. The Morgan fingerprint density at radius 2 is 2.12 bits per heavy atom. The van der Waals surface area contributed by atoms with Gasteiger partial charge in [0.25, 0.3) is 5.91 Å². The molecule has 17 heavy (non-hydrogen) atoms. The minimum absolute atomic E-state index is 0.0193.